The average Bonchev–Trinajstić information content (AvgIpc) is 2.12. The molecule has 0 aromatic carbocycles. The second kappa shape index (κ2) is 8.78. The number of carbonyl (C=O) groups excluding carboxylic acids is 2. The number of likely N-dealkylation sites (N-methyl/N-ethyl adjacent to an activating group) is 1. The molecule has 0 rings (SSSR count). The molecule has 0 amide bonds. The third-order valence-electron chi connectivity index (χ3n) is 2.29. The Hall–Kier alpha value is -0.410. The smallest absolute Gasteiger partial charge is 1.00 e. The summed E-state index contributed by atoms with van der Waals surface area (Å²) < 4.78 is 5.28. The van der Waals surface area contributed by atoms with Gasteiger partial charge in [0.1, 0.15) is 18.8 Å². The van der Waals surface area contributed by atoms with Gasteiger partial charge in [-0.05, 0) is 0 Å². The van der Waals surface area contributed by atoms with Gasteiger partial charge in [-0.15, -0.1) is 0 Å². The van der Waals surface area contributed by atoms with Gasteiger partial charge in [-0.2, -0.15) is 0 Å². The molecule has 2 N–H and O–H groups in total. The van der Waals surface area contributed by atoms with Crippen molar-refractivity contribution in [3.63, 3.8) is 0 Å². The summed E-state index contributed by atoms with van der Waals surface area (Å²) in [7, 11) is 5.61. The minimum absolute atomic E-state index is 0. The number of aliphatic carboxylic acids is 2. The van der Waals surface area contributed by atoms with Crippen LogP contribution < -0.4 is 5.11 Å². The summed E-state index contributed by atoms with van der Waals surface area (Å²) in [5.41, 5.74) is -2.75. The average molecular weight is 319 g/mol. The van der Waals surface area contributed by atoms with E-state index in [4.69, 9.17) is 9.84 Å². The summed E-state index contributed by atoms with van der Waals surface area (Å²) in [6.45, 7) is 0.535. The van der Waals surface area contributed by atoms with Crippen LogP contribution >= 0.6 is 0 Å². The van der Waals surface area contributed by atoms with Gasteiger partial charge in [-0.3, -0.25) is 9.59 Å². The van der Waals surface area contributed by atoms with Crippen LogP contribution in [0.1, 0.15) is 15.7 Å². The van der Waals surface area contributed by atoms with Crippen molar-refractivity contribution >= 4 is 55.6 Å². The van der Waals surface area contributed by atoms with Crippen molar-refractivity contribution in [2.45, 2.75) is 18.4 Å². The van der Waals surface area contributed by atoms with E-state index in [-0.39, 0.29) is 47.2 Å². The summed E-state index contributed by atoms with van der Waals surface area (Å²) in [5, 5.41) is 28.7. The predicted molar refractivity (Wildman–Crippen MR) is 68.7 cm³/mol. The van der Waals surface area contributed by atoms with E-state index in [2.05, 4.69) is 0 Å². The van der Waals surface area contributed by atoms with Gasteiger partial charge in [-0.1, -0.05) is 0 Å². The maximum Gasteiger partial charge on any atom is 2.00 e. The van der Waals surface area contributed by atoms with E-state index in [0.29, 0.717) is 11.0 Å². The first-order valence-corrected chi connectivity index (χ1v) is 5.58. The van der Waals surface area contributed by atoms with Gasteiger partial charge in [0.2, 0.25) is 0 Å². The van der Waals surface area contributed by atoms with E-state index in [9.17, 15) is 24.6 Å². The molecule has 1 unspecified atom stereocenters. The number of hydrogen-bond acceptors (Lipinski definition) is 6. The number of aliphatic hydroxyl groups is 1. The Morgan fingerprint density at radius 3 is 2.10 bits per heavy atom. The van der Waals surface area contributed by atoms with Crippen molar-refractivity contribution in [1.82, 2.24) is 0 Å². The van der Waals surface area contributed by atoms with Gasteiger partial charge in [0.05, 0.1) is 40.0 Å². The Morgan fingerprint density at radius 1 is 1.25 bits per heavy atom. The molecular weight excluding hydrogens is 298 g/mol. The molecule has 114 valence electrons. The van der Waals surface area contributed by atoms with Gasteiger partial charge >= 0.3 is 49.7 Å². The van der Waals surface area contributed by atoms with Crippen LogP contribution in [-0.4, -0.2) is 110 Å². The second-order valence-electron chi connectivity index (χ2n) is 5.30. The fraction of sp³-hybridized carbons (Fsp3) is 0.727. The summed E-state index contributed by atoms with van der Waals surface area (Å²) in [4.78, 5) is 32.5. The van der Waals surface area contributed by atoms with Crippen LogP contribution in [0.3, 0.4) is 0 Å². The van der Waals surface area contributed by atoms with Crippen molar-refractivity contribution < 1.29 is 41.8 Å². The van der Waals surface area contributed by atoms with Crippen molar-refractivity contribution in [3.8, 4) is 0 Å². The molecule has 0 radical (unpaired) electrons. The second-order valence-corrected chi connectivity index (χ2v) is 5.30. The summed E-state index contributed by atoms with van der Waals surface area (Å²) in [6, 6.07) is 0. The zero-order valence-electron chi connectivity index (χ0n) is 13.9. The largest absolute Gasteiger partial charge is 2.00 e. The molecule has 0 aliphatic carbocycles. The maximum atomic E-state index is 11.4. The SMILES string of the molecule is C[N+](C)(C)CCOC(=O)CC(O)(CC(=O)O)C(=O)[O-].[Ca+2].[H-].[H-]. The van der Waals surface area contributed by atoms with Gasteiger partial charge in [0.15, 0.2) is 0 Å². The minimum atomic E-state index is -2.75. The molecule has 0 aromatic rings. The van der Waals surface area contributed by atoms with Crippen LogP contribution in [-0.2, 0) is 19.1 Å². The first-order chi connectivity index (χ1) is 8.46. The molecular formula is C11H21CaNO7. The number of carboxylic acids is 2. The number of rotatable bonds is 8. The quantitative estimate of drug-likeness (QED) is 0.286. The normalized spacial score (nSPS) is 13.8. The van der Waals surface area contributed by atoms with Crippen molar-refractivity contribution in [2.75, 3.05) is 34.3 Å². The predicted octanol–water partition coefficient (Wildman–Crippen LogP) is -2.57. The Labute approximate surface area is 149 Å². The van der Waals surface area contributed by atoms with E-state index >= 15 is 0 Å². The first-order valence-electron chi connectivity index (χ1n) is 5.58. The molecule has 0 spiro atoms. The molecule has 0 aliphatic rings. The Balaban J connectivity index is -0.000000540. The van der Waals surface area contributed by atoms with Crippen LogP contribution in [0.4, 0.5) is 0 Å². The van der Waals surface area contributed by atoms with E-state index in [1.165, 1.54) is 0 Å². The van der Waals surface area contributed by atoms with E-state index in [1.807, 2.05) is 21.1 Å². The molecule has 0 heterocycles. The van der Waals surface area contributed by atoms with Crippen LogP contribution in [0.2, 0.25) is 0 Å². The molecule has 1 atom stereocenters. The number of nitrogens with zero attached hydrogens (tertiary/aromatic N) is 1. The van der Waals surface area contributed by atoms with Gasteiger partial charge in [-0.25, -0.2) is 0 Å². The third kappa shape index (κ3) is 9.49. The molecule has 8 nitrogen and oxygen atoms in total. The standard InChI is InChI=1S/C11H19NO7.Ca.2H/c1-12(2,3)4-5-19-9(15)7-11(18,10(16)17)6-8(13)14;;;/h18H,4-7H2,1-3H3,(H-,13,14,16,17);;;/q;+2;2*-1. The number of ether oxygens (including phenoxy) is 1. The van der Waals surface area contributed by atoms with Crippen molar-refractivity contribution in [1.29, 1.82) is 0 Å². The summed E-state index contributed by atoms with van der Waals surface area (Å²) in [5.74, 6) is -4.55. The van der Waals surface area contributed by atoms with Crippen molar-refractivity contribution in [3.05, 3.63) is 0 Å². The molecule has 0 aliphatic heterocycles. The third-order valence-corrected chi connectivity index (χ3v) is 2.29. The van der Waals surface area contributed by atoms with Crippen LogP contribution in [0.5, 0.6) is 0 Å². The van der Waals surface area contributed by atoms with Crippen LogP contribution in [0.25, 0.3) is 0 Å². The number of carbonyl (C=O) groups is 3. The van der Waals surface area contributed by atoms with Gasteiger partial charge < -0.3 is 32.2 Å². The first kappa shape index (κ1) is 21.9. The Kier molecular flexibility index (Phi) is 9.61. The number of quaternary nitrogens is 1. The molecule has 0 bridgehead atoms. The minimum Gasteiger partial charge on any atom is -1.00 e. The number of esters is 1. The topological polar surface area (TPSA) is 124 Å². The Bertz CT molecular complexity index is 376. The summed E-state index contributed by atoms with van der Waals surface area (Å²) in [6.07, 6.45) is -2.08. The molecule has 9 heteroatoms. The van der Waals surface area contributed by atoms with Crippen LogP contribution in [0.15, 0.2) is 0 Å². The van der Waals surface area contributed by atoms with E-state index < -0.39 is 36.4 Å². The van der Waals surface area contributed by atoms with E-state index in [0.717, 1.165) is 0 Å². The fourth-order valence-corrected chi connectivity index (χ4v) is 1.18. The molecule has 0 fully saturated rings. The number of hydrogen-bond donors (Lipinski definition) is 2. The van der Waals surface area contributed by atoms with E-state index in [1.54, 1.807) is 0 Å². The molecule has 0 aromatic heterocycles. The van der Waals surface area contributed by atoms with Gasteiger partial charge in [0, 0.05) is 0 Å². The summed E-state index contributed by atoms with van der Waals surface area (Å²) >= 11 is 0. The molecule has 20 heavy (non-hydrogen) atoms. The van der Waals surface area contributed by atoms with Crippen LogP contribution in [0, 0.1) is 0 Å². The fourth-order valence-electron chi connectivity index (χ4n) is 1.18. The van der Waals surface area contributed by atoms with Crippen molar-refractivity contribution in [2.24, 2.45) is 0 Å². The molecule has 0 saturated heterocycles. The maximum absolute atomic E-state index is 11.4. The zero-order chi connectivity index (χ0) is 15.3. The molecule has 0 saturated carbocycles. The Morgan fingerprint density at radius 2 is 1.75 bits per heavy atom. The van der Waals surface area contributed by atoms with Gasteiger partial charge in [0.25, 0.3) is 0 Å². The zero-order valence-corrected chi connectivity index (χ0v) is 14.1. The number of carboxylic acid groups (broad SMARTS) is 2. The monoisotopic (exact) mass is 319 g/mol.